The third kappa shape index (κ3) is 6.89. The number of rotatable bonds is 9. The maximum absolute atomic E-state index is 11.6. The number of ether oxygens (including phenoxy) is 2. The molecule has 2 atom stereocenters. The molecular weight excluding hydrogens is 440 g/mol. The molecule has 1 aromatic carbocycles. The first-order valence-electron chi connectivity index (χ1n) is 11.0. The molecule has 0 bridgehead atoms. The van der Waals surface area contributed by atoms with Crippen LogP contribution in [-0.4, -0.2) is 58.9 Å². The monoisotopic (exact) mass is 472 g/mol. The first-order chi connectivity index (χ1) is 14.8. The van der Waals surface area contributed by atoms with Crippen molar-refractivity contribution in [3.05, 3.63) is 28.3 Å². The van der Waals surface area contributed by atoms with E-state index in [1.54, 1.807) is 0 Å². The fraction of sp³-hybridized carbons (Fsp3) is 0.682. The molecule has 1 saturated carbocycles. The van der Waals surface area contributed by atoms with Gasteiger partial charge in [-0.1, -0.05) is 11.6 Å². The molecule has 9 heteroatoms. The molecule has 0 spiro atoms. The van der Waals surface area contributed by atoms with Gasteiger partial charge < -0.3 is 14.8 Å². The Labute approximate surface area is 190 Å². The van der Waals surface area contributed by atoms with Gasteiger partial charge in [-0.3, -0.25) is 4.79 Å². The minimum atomic E-state index is -3.25. The number of carbonyl (C=O) groups is 1. The summed E-state index contributed by atoms with van der Waals surface area (Å²) >= 11 is 6.36. The van der Waals surface area contributed by atoms with Crippen molar-refractivity contribution in [1.29, 1.82) is 0 Å². The van der Waals surface area contributed by atoms with Crippen LogP contribution in [0.2, 0.25) is 5.02 Å². The van der Waals surface area contributed by atoms with Crippen molar-refractivity contribution in [2.75, 3.05) is 26.0 Å². The Morgan fingerprint density at radius 1 is 1.23 bits per heavy atom. The van der Waals surface area contributed by atoms with Crippen LogP contribution in [0.1, 0.15) is 55.6 Å². The topological polar surface area (TPSA) is 93.7 Å². The molecule has 2 N–H and O–H groups in total. The summed E-state index contributed by atoms with van der Waals surface area (Å²) in [6.45, 7) is 3.40. The highest BCUT2D eigenvalue weighted by molar-refractivity contribution is 7.88. The Balaban J connectivity index is 1.56. The zero-order valence-corrected chi connectivity index (χ0v) is 19.8. The standard InChI is InChI=1S/C22H33ClN2O5S/c1-15-18(23)9-10-21(29-13-12-26)22(15)16-5-7-17(8-6-16)30-14-20-19(4-3-11-24-20)25-31(2,27)28/h9-10,12,16-17,19-20,24-25H,3-8,11,13-14H2,1-2H3/t16-,17+,19-,20-/m0/s1. The summed E-state index contributed by atoms with van der Waals surface area (Å²) in [6, 6.07) is 3.51. The van der Waals surface area contributed by atoms with Gasteiger partial charge in [0.1, 0.15) is 12.4 Å². The molecule has 31 heavy (non-hydrogen) atoms. The van der Waals surface area contributed by atoms with Gasteiger partial charge in [0, 0.05) is 22.7 Å². The van der Waals surface area contributed by atoms with Crippen LogP contribution >= 0.6 is 11.6 Å². The van der Waals surface area contributed by atoms with E-state index in [1.807, 2.05) is 19.1 Å². The van der Waals surface area contributed by atoms with Crippen molar-refractivity contribution >= 4 is 27.9 Å². The van der Waals surface area contributed by atoms with Crippen molar-refractivity contribution in [3.8, 4) is 5.75 Å². The fourth-order valence-corrected chi connectivity index (χ4v) is 5.73. The molecular formula is C22H33ClN2O5S. The lowest BCUT2D eigenvalue weighted by atomic mass is 9.80. The third-order valence-corrected chi connectivity index (χ3v) is 7.40. The molecule has 1 aliphatic carbocycles. The molecule has 2 fully saturated rings. The maximum atomic E-state index is 11.6. The number of piperidine rings is 1. The van der Waals surface area contributed by atoms with E-state index in [1.165, 1.54) is 6.26 Å². The Morgan fingerprint density at radius 3 is 2.65 bits per heavy atom. The lowest BCUT2D eigenvalue weighted by molar-refractivity contribution is -0.109. The van der Waals surface area contributed by atoms with Crippen LogP contribution in [0, 0.1) is 6.92 Å². The van der Waals surface area contributed by atoms with E-state index in [2.05, 4.69) is 10.0 Å². The second-order valence-corrected chi connectivity index (χ2v) is 10.8. The minimum Gasteiger partial charge on any atom is -0.486 e. The summed E-state index contributed by atoms with van der Waals surface area (Å²) in [7, 11) is -3.25. The maximum Gasteiger partial charge on any atom is 0.209 e. The Bertz CT molecular complexity index is 856. The Hall–Kier alpha value is -1.19. The van der Waals surface area contributed by atoms with Gasteiger partial charge in [-0.25, -0.2) is 13.1 Å². The minimum absolute atomic E-state index is 0.0142. The van der Waals surface area contributed by atoms with Crippen molar-refractivity contribution in [1.82, 2.24) is 10.0 Å². The van der Waals surface area contributed by atoms with Crippen LogP contribution in [0.5, 0.6) is 5.75 Å². The molecule has 1 saturated heterocycles. The second-order valence-electron chi connectivity index (χ2n) is 8.57. The summed E-state index contributed by atoms with van der Waals surface area (Å²) in [5.41, 5.74) is 2.11. The average Bonchev–Trinajstić information content (AvgIpc) is 2.73. The van der Waals surface area contributed by atoms with Gasteiger partial charge in [-0.05, 0) is 75.6 Å². The number of hydrogen-bond acceptors (Lipinski definition) is 6. The van der Waals surface area contributed by atoms with Crippen LogP contribution in [0.15, 0.2) is 12.1 Å². The van der Waals surface area contributed by atoms with E-state index in [4.69, 9.17) is 21.1 Å². The molecule has 0 radical (unpaired) electrons. The van der Waals surface area contributed by atoms with Crippen LogP contribution in [0.3, 0.4) is 0 Å². The number of carbonyl (C=O) groups excluding carboxylic acids is 1. The van der Waals surface area contributed by atoms with Gasteiger partial charge in [-0.2, -0.15) is 0 Å². The SMILES string of the molecule is Cc1c(Cl)ccc(OCC=O)c1[C@H]1CC[C@@H](OC[C@@H]2NCCC[C@@H]2NS(C)(=O)=O)CC1. The summed E-state index contributed by atoms with van der Waals surface area (Å²) in [4.78, 5) is 10.8. The summed E-state index contributed by atoms with van der Waals surface area (Å²) in [5, 5.41) is 4.10. The average molecular weight is 473 g/mol. The van der Waals surface area contributed by atoms with Crippen molar-refractivity contribution in [2.24, 2.45) is 0 Å². The van der Waals surface area contributed by atoms with Crippen molar-refractivity contribution < 1.29 is 22.7 Å². The van der Waals surface area contributed by atoms with Crippen LogP contribution in [0.25, 0.3) is 0 Å². The molecule has 1 heterocycles. The number of sulfonamides is 1. The fourth-order valence-electron chi connectivity index (χ4n) is 4.74. The van der Waals surface area contributed by atoms with Crippen molar-refractivity contribution in [3.63, 3.8) is 0 Å². The van der Waals surface area contributed by atoms with Gasteiger partial charge in [0.05, 0.1) is 19.0 Å². The predicted octanol–water partition coefficient (Wildman–Crippen LogP) is 2.94. The molecule has 7 nitrogen and oxygen atoms in total. The van der Waals surface area contributed by atoms with E-state index in [0.29, 0.717) is 17.5 Å². The highest BCUT2D eigenvalue weighted by Crippen LogP contribution is 2.42. The number of hydrogen-bond donors (Lipinski definition) is 2. The number of aldehydes is 1. The summed E-state index contributed by atoms with van der Waals surface area (Å²) < 4.78 is 37.9. The molecule has 174 valence electrons. The van der Waals surface area contributed by atoms with E-state index in [-0.39, 0.29) is 24.8 Å². The van der Waals surface area contributed by atoms with Crippen molar-refractivity contribution in [2.45, 2.75) is 69.6 Å². The van der Waals surface area contributed by atoms with Crippen LogP contribution < -0.4 is 14.8 Å². The lowest BCUT2D eigenvalue weighted by Gasteiger charge is -2.35. The summed E-state index contributed by atoms with van der Waals surface area (Å²) in [6.07, 6.45) is 7.61. The Kier molecular flexibility index (Phi) is 8.75. The quantitative estimate of drug-likeness (QED) is 0.537. The lowest BCUT2D eigenvalue weighted by Crippen LogP contribution is -2.55. The zero-order chi connectivity index (χ0) is 22.4. The highest BCUT2D eigenvalue weighted by atomic mass is 35.5. The highest BCUT2D eigenvalue weighted by Gasteiger charge is 2.30. The molecule has 0 aromatic heterocycles. The van der Waals surface area contributed by atoms with Gasteiger partial charge in [-0.15, -0.1) is 0 Å². The Morgan fingerprint density at radius 2 is 1.97 bits per heavy atom. The molecule has 0 unspecified atom stereocenters. The van der Waals surface area contributed by atoms with Gasteiger partial charge in [0.25, 0.3) is 0 Å². The van der Waals surface area contributed by atoms with Crippen LogP contribution in [0.4, 0.5) is 0 Å². The first kappa shape index (κ1) is 24.5. The van der Waals surface area contributed by atoms with Gasteiger partial charge >= 0.3 is 0 Å². The second kappa shape index (κ2) is 11.1. The van der Waals surface area contributed by atoms with Crippen LogP contribution in [-0.2, 0) is 19.6 Å². The van der Waals surface area contributed by atoms with E-state index in [0.717, 1.165) is 68.2 Å². The van der Waals surface area contributed by atoms with Gasteiger partial charge in [0.2, 0.25) is 10.0 Å². The number of halogens is 1. The molecule has 3 rings (SSSR count). The number of nitrogens with one attached hydrogen (secondary N) is 2. The molecule has 2 aliphatic rings. The number of benzene rings is 1. The molecule has 0 amide bonds. The largest absolute Gasteiger partial charge is 0.486 e. The zero-order valence-electron chi connectivity index (χ0n) is 18.2. The van der Waals surface area contributed by atoms with E-state index >= 15 is 0 Å². The molecule has 1 aliphatic heterocycles. The first-order valence-corrected chi connectivity index (χ1v) is 13.2. The normalized spacial score (nSPS) is 27.1. The third-order valence-electron chi connectivity index (χ3n) is 6.26. The van der Waals surface area contributed by atoms with Gasteiger partial charge in [0.15, 0.2) is 6.29 Å². The summed E-state index contributed by atoms with van der Waals surface area (Å²) in [5.74, 6) is 1.05. The van der Waals surface area contributed by atoms with E-state index in [9.17, 15) is 13.2 Å². The predicted molar refractivity (Wildman–Crippen MR) is 121 cm³/mol. The van der Waals surface area contributed by atoms with E-state index < -0.39 is 10.0 Å². The smallest absolute Gasteiger partial charge is 0.209 e. The molecule has 1 aromatic rings.